The van der Waals surface area contributed by atoms with Crippen molar-refractivity contribution in [3.05, 3.63) is 94.4 Å². The Labute approximate surface area is 176 Å². The van der Waals surface area contributed by atoms with Crippen LogP contribution in [-0.2, 0) is 4.79 Å². The van der Waals surface area contributed by atoms with E-state index in [-0.39, 0.29) is 23.1 Å². The van der Waals surface area contributed by atoms with Crippen molar-refractivity contribution < 1.29 is 10.0 Å². The van der Waals surface area contributed by atoms with Gasteiger partial charge in [0.25, 0.3) is 11.5 Å². The summed E-state index contributed by atoms with van der Waals surface area (Å²) >= 11 is 0. The fourth-order valence-electron chi connectivity index (χ4n) is 3.15. The van der Waals surface area contributed by atoms with Gasteiger partial charge >= 0.3 is 0 Å². The van der Waals surface area contributed by atoms with Crippen molar-refractivity contribution >= 4 is 28.2 Å². The van der Waals surface area contributed by atoms with Gasteiger partial charge in [-0.2, -0.15) is 4.68 Å². The number of hydrogen-bond acceptors (Lipinski definition) is 7. The second-order valence-electron chi connectivity index (χ2n) is 6.64. The monoisotopic (exact) mass is 416 g/mol. The molecule has 3 aromatic carbocycles. The summed E-state index contributed by atoms with van der Waals surface area (Å²) in [5, 5.41) is 23.3. The summed E-state index contributed by atoms with van der Waals surface area (Å²) in [4.78, 5) is 30.3. The van der Waals surface area contributed by atoms with Gasteiger partial charge in [-0.15, -0.1) is 0 Å². The Hall–Kier alpha value is -4.21. The van der Waals surface area contributed by atoms with Crippen molar-refractivity contribution in [3.8, 4) is 11.4 Å². The molecule has 3 N–H and O–H groups in total. The predicted molar refractivity (Wildman–Crippen MR) is 118 cm³/mol. The van der Waals surface area contributed by atoms with Gasteiger partial charge in [-0.05, 0) is 24.3 Å². The highest BCUT2D eigenvalue weighted by molar-refractivity contribution is 5.90. The molecule has 4 aromatic rings. The van der Waals surface area contributed by atoms with Crippen molar-refractivity contribution in [1.82, 2.24) is 9.66 Å². The molecule has 0 radical (unpaired) electrons. The molecule has 0 saturated carbocycles. The van der Waals surface area contributed by atoms with Crippen LogP contribution < -0.4 is 21.5 Å². The van der Waals surface area contributed by atoms with Gasteiger partial charge in [-0.25, -0.2) is 4.98 Å². The zero-order valence-electron chi connectivity index (χ0n) is 16.2. The summed E-state index contributed by atoms with van der Waals surface area (Å²) in [7, 11) is 0. The largest absolute Gasteiger partial charge is 0.733 e. The molecule has 0 aliphatic carbocycles. The minimum atomic E-state index is -0.540. The Kier molecular flexibility index (Phi) is 5.61. The van der Waals surface area contributed by atoms with Gasteiger partial charge in [0.2, 0.25) is 0 Å². The zero-order chi connectivity index (χ0) is 21.8. The smallest absolute Gasteiger partial charge is 0.280 e. The van der Waals surface area contributed by atoms with Crippen LogP contribution in [0.2, 0.25) is 0 Å². The highest BCUT2D eigenvalue weighted by Gasteiger charge is 2.15. The lowest BCUT2D eigenvalue weighted by Gasteiger charge is -2.24. The third-order valence-corrected chi connectivity index (χ3v) is 4.59. The van der Waals surface area contributed by atoms with Gasteiger partial charge in [0, 0.05) is 5.56 Å². The Balaban J connectivity index is 1.65. The molecule has 0 unspecified atom stereocenters. The number of nitrogens with zero attached hydrogens (tertiary/aromatic N) is 3. The molecular formula is C22H18N5O4-. The van der Waals surface area contributed by atoms with Crippen LogP contribution in [0, 0.1) is 5.21 Å². The number of amides is 1. The van der Waals surface area contributed by atoms with Crippen LogP contribution in [0.25, 0.3) is 22.3 Å². The van der Waals surface area contributed by atoms with Gasteiger partial charge in [0.1, 0.15) is 0 Å². The Morgan fingerprint density at radius 1 is 1.00 bits per heavy atom. The van der Waals surface area contributed by atoms with Crippen LogP contribution in [0.3, 0.4) is 0 Å². The minimum Gasteiger partial charge on any atom is -0.733 e. The molecule has 0 atom stereocenters. The average Bonchev–Trinajstić information content (AvgIpc) is 2.80. The SMILES string of the molecule is O=C(CNc1ccccc1N([O-])O)Nn1c(-c2ccccc2)nc2ccccc2c1=O. The Morgan fingerprint density at radius 2 is 1.68 bits per heavy atom. The van der Waals surface area contributed by atoms with Gasteiger partial charge in [-0.3, -0.25) is 20.2 Å². The molecule has 4 rings (SSSR count). The molecule has 9 nitrogen and oxygen atoms in total. The lowest BCUT2D eigenvalue weighted by Crippen LogP contribution is -2.37. The third-order valence-electron chi connectivity index (χ3n) is 4.59. The first kappa shape index (κ1) is 20.1. The van der Waals surface area contributed by atoms with Crippen molar-refractivity contribution in [2.75, 3.05) is 22.5 Å². The summed E-state index contributed by atoms with van der Waals surface area (Å²) in [5.41, 5.74) is 3.56. The third kappa shape index (κ3) is 4.22. The summed E-state index contributed by atoms with van der Waals surface area (Å²) in [5.74, 6) is -0.249. The molecule has 0 fully saturated rings. The van der Waals surface area contributed by atoms with Gasteiger partial charge in [-0.1, -0.05) is 54.6 Å². The molecule has 1 amide bonds. The number of rotatable bonds is 6. The number of carbonyl (C=O) groups excluding carboxylic acids is 1. The van der Waals surface area contributed by atoms with E-state index in [0.717, 1.165) is 4.68 Å². The van der Waals surface area contributed by atoms with E-state index in [1.54, 1.807) is 54.6 Å². The standard InChI is InChI=1S/C22H18N5O4/c28-20(14-23-18-12-6-7-13-19(18)27(30)31)25-26-21(15-8-2-1-3-9-15)24-17-11-5-4-10-16(17)22(26)29/h1-13,23,30H,14H2,(H,25,28)/q-1. The lowest BCUT2D eigenvalue weighted by atomic mass is 10.2. The van der Waals surface area contributed by atoms with E-state index in [0.29, 0.717) is 22.3 Å². The first-order valence-corrected chi connectivity index (χ1v) is 9.40. The molecule has 0 saturated heterocycles. The normalized spacial score (nSPS) is 10.6. The van der Waals surface area contributed by atoms with Crippen molar-refractivity contribution in [1.29, 1.82) is 0 Å². The highest BCUT2D eigenvalue weighted by Crippen LogP contribution is 2.23. The lowest BCUT2D eigenvalue weighted by molar-refractivity contribution is -0.115. The van der Waals surface area contributed by atoms with Crippen molar-refractivity contribution in [2.45, 2.75) is 0 Å². The van der Waals surface area contributed by atoms with E-state index in [2.05, 4.69) is 15.7 Å². The average molecular weight is 416 g/mol. The number of hydrogen-bond donors (Lipinski definition) is 3. The molecule has 0 aliphatic heterocycles. The van der Waals surface area contributed by atoms with Crippen LogP contribution in [-0.4, -0.2) is 27.3 Å². The van der Waals surface area contributed by atoms with Crippen molar-refractivity contribution in [2.24, 2.45) is 0 Å². The maximum Gasteiger partial charge on any atom is 0.280 e. The molecular weight excluding hydrogens is 398 g/mol. The van der Waals surface area contributed by atoms with E-state index in [1.165, 1.54) is 6.07 Å². The van der Waals surface area contributed by atoms with Crippen LogP contribution >= 0.6 is 0 Å². The number of fused-ring (bicyclic) bond motifs is 1. The summed E-state index contributed by atoms with van der Waals surface area (Å²) in [6, 6.07) is 22.1. The Morgan fingerprint density at radius 3 is 2.45 bits per heavy atom. The Bertz CT molecular complexity index is 1290. The van der Waals surface area contributed by atoms with E-state index >= 15 is 0 Å². The van der Waals surface area contributed by atoms with E-state index in [9.17, 15) is 20.0 Å². The van der Waals surface area contributed by atoms with E-state index in [4.69, 9.17) is 0 Å². The zero-order valence-corrected chi connectivity index (χ0v) is 16.2. The number of nitrogens with one attached hydrogen (secondary N) is 2. The molecule has 156 valence electrons. The fraction of sp³-hybridized carbons (Fsp3) is 0.0455. The quantitative estimate of drug-likeness (QED) is 0.413. The van der Waals surface area contributed by atoms with Crippen LogP contribution in [0.1, 0.15) is 0 Å². The van der Waals surface area contributed by atoms with E-state index < -0.39 is 11.5 Å². The topological polar surface area (TPSA) is 123 Å². The molecule has 0 aliphatic rings. The molecule has 1 aromatic heterocycles. The number of benzene rings is 3. The maximum atomic E-state index is 13.1. The number of para-hydroxylation sites is 3. The number of carbonyl (C=O) groups is 1. The highest BCUT2D eigenvalue weighted by atomic mass is 16.8. The summed E-state index contributed by atoms with van der Waals surface area (Å²) < 4.78 is 1.11. The fourth-order valence-corrected chi connectivity index (χ4v) is 3.15. The number of anilines is 2. The molecule has 31 heavy (non-hydrogen) atoms. The van der Waals surface area contributed by atoms with E-state index in [1.807, 2.05) is 18.2 Å². The molecule has 9 heteroatoms. The van der Waals surface area contributed by atoms with Gasteiger partial charge in [0.15, 0.2) is 5.82 Å². The summed E-state index contributed by atoms with van der Waals surface area (Å²) in [6.45, 7) is -0.252. The van der Waals surface area contributed by atoms with Crippen LogP contribution in [0.15, 0.2) is 83.7 Å². The molecule has 0 bridgehead atoms. The molecule has 1 heterocycles. The minimum absolute atomic E-state index is 0.0372. The summed E-state index contributed by atoms with van der Waals surface area (Å²) in [6.07, 6.45) is 0. The van der Waals surface area contributed by atoms with Gasteiger partial charge in [0.05, 0.1) is 28.8 Å². The predicted octanol–water partition coefficient (Wildman–Crippen LogP) is 2.94. The molecule has 0 spiro atoms. The van der Waals surface area contributed by atoms with Crippen LogP contribution in [0.4, 0.5) is 11.4 Å². The number of aromatic nitrogens is 2. The van der Waals surface area contributed by atoms with Gasteiger partial charge < -0.3 is 15.8 Å². The maximum absolute atomic E-state index is 13.1. The van der Waals surface area contributed by atoms with Crippen molar-refractivity contribution in [3.63, 3.8) is 0 Å². The second-order valence-corrected chi connectivity index (χ2v) is 6.64. The second kappa shape index (κ2) is 8.66. The first-order valence-electron chi connectivity index (χ1n) is 9.40. The van der Waals surface area contributed by atoms with Crippen LogP contribution in [0.5, 0.6) is 0 Å². The first-order chi connectivity index (χ1) is 15.0.